The minimum Gasteiger partial charge on any atom is -0.395 e. The number of aromatic nitrogens is 3. The van der Waals surface area contributed by atoms with Gasteiger partial charge in [0.2, 0.25) is 14.3 Å². The van der Waals surface area contributed by atoms with E-state index in [1.165, 1.54) is 0 Å². The number of hydrogen-bond donors (Lipinski definition) is 3. The summed E-state index contributed by atoms with van der Waals surface area (Å²) in [6.45, 7) is 7.50. The fraction of sp³-hybridized carbons (Fsp3) is 0.436. The number of hydrogen-bond acceptors (Lipinski definition) is 7. The van der Waals surface area contributed by atoms with Gasteiger partial charge in [-0.2, -0.15) is 0 Å². The Bertz CT molecular complexity index is 1850. The highest BCUT2D eigenvalue weighted by molar-refractivity contribution is 6.72. The van der Waals surface area contributed by atoms with Gasteiger partial charge in [-0.05, 0) is 68.2 Å². The number of benzene rings is 3. The summed E-state index contributed by atoms with van der Waals surface area (Å²) >= 11 is 0. The maximum atomic E-state index is 16.5. The first-order valence-corrected chi connectivity index (χ1v) is 21.0. The van der Waals surface area contributed by atoms with E-state index in [-0.39, 0.29) is 30.3 Å². The van der Waals surface area contributed by atoms with Gasteiger partial charge >= 0.3 is 0 Å². The van der Waals surface area contributed by atoms with Gasteiger partial charge in [0.05, 0.1) is 42.5 Å². The van der Waals surface area contributed by atoms with Crippen LogP contribution in [0, 0.1) is 11.8 Å². The number of rotatable bonds is 11. The molecule has 3 aliphatic heterocycles. The van der Waals surface area contributed by atoms with Gasteiger partial charge in [-0.1, -0.05) is 72.8 Å². The van der Waals surface area contributed by atoms with Crippen molar-refractivity contribution in [1.29, 1.82) is 0 Å². The molecule has 2 saturated heterocycles. The van der Waals surface area contributed by atoms with Gasteiger partial charge in [-0.25, -0.2) is 0 Å². The first-order valence-electron chi connectivity index (χ1n) is 18.0. The molecular formula is C39H47FN6O4Si. The summed E-state index contributed by atoms with van der Waals surface area (Å²) in [5.74, 6) is -1.20. The van der Waals surface area contributed by atoms with Crippen molar-refractivity contribution in [2.75, 3.05) is 29.9 Å². The number of nitrogens with one attached hydrogen (secondary N) is 2. The number of nitrogens with zero attached hydrogens (tertiary/aromatic N) is 4. The molecule has 2 unspecified atom stereocenters. The van der Waals surface area contributed by atoms with E-state index < -0.39 is 31.6 Å². The summed E-state index contributed by atoms with van der Waals surface area (Å²) in [5.41, 5.74) is 2.61. The number of ether oxygens (including phenoxy) is 1. The zero-order valence-corrected chi connectivity index (χ0v) is 30.5. The van der Waals surface area contributed by atoms with Crippen LogP contribution in [0.1, 0.15) is 54.5 Å². The molecule has 268 valence electrons. The second-order valence-electron chi connectivity index (χ2n) is 14.8. The first kappa shape index (κ1) is 35.2. The Morgan fingerprint density at radius 1 is 1.14 bits per heavy atom. The van der Waals surface area contributed by atoms with Crippen molar-refractivity contribution in [2.45, 2.75) is 75.5 Å². The molecular weight excluding hydrogens is 664 g/mol. The molecule has 12 heteroatoms. The third-order valence-electron chi connectivity index (χ3n) is 11.0. The van der Waals surface area contributed by atoms with Crippen molar-refractivity contribution >= 4 is 31.6 Å². The zero-order valence-electron chi connectivity index (χ0n) is 29.5. The largest absolute Gasteiger partial charge is 0.395 e. The molecule has 3 aliphatic rings. The maximum absolute atomic E-state index is 16.5. The number of carbonyl (C=O) groups excluding carboxylic acids is 2. The summed E-state index contributed by atoms with van der Waals surface area (Å²) < 4.78 is 25.2. The molecule has 3 N–H and O–H groups in total. The van der Waals surface area contributed by atoms with E-state index in [0.717, 1.165) is 30.5 Å². The van der Waals surface area contributed by atoms with Crippen LogP contribution in [0.2, 0.25) is 18.6 Å². The number of carbonyl (C=O) groups is 2. The van der Waals surface area contributed by atoms with Gasteiger partial charge in [-0.3, -0.25) is 14.3 Å². The number of halogens is 1. The van der Waals surface area contributed by atoms with Gasteiger partial charge < -0.3 is 29.5 Å². The predicted molar refractivity (Wildman–Crippen MR) is 196 cm³/mol. The van der Waals surface area contributed by atoms with Crippen molar-refractivity contribution in [3.63, 3.8) is 0 Å². The third-order valence-corrected chi connectivity index (χ3v) is 13.5. The monoisotopic (exact) mass is 710 g/mol. The smallest absolute Gasteiger partial charge is 0.264 e. The van der Waals surface area contributed by atoms with E-state index in [2.05, 4.69) is 20.9 Å². The summed E-state index contributed by atoms with van der Waals surface area (Å²) in [6.07, 6.45) is 3.43. The maximum Gasteiger partial charge on any atom is 0.264 e. The molecule has 0 radical (unpaired) electrons. The van der Waals surface area contributed by atoms with Crippen molar-refractivity contribution < 1.29 is 23.5 Å². The number of aryl methyl sites for hydroxylation is 1. The van der Waals surface area contributed by atoms with E-state index in [1.54, 1.807) is 22.7 Å². The van der Waals surface area contributed by atoms with Crippen molar-refractivity contribution in [1.82, 2.24) is 20.3 Å². The molecule has 2 amide bonds. The second-order valence-corrected chi connectivity index (χ2v) is 18.5. The van der Waals surface area contributed by atoms with E-state index in [0.29, 0.717) is 48.7 Å². The normalized spacial score (nSPS) is 25.3. The highest BCUT2D eigenvalue weighted by Gasteiger charge is 2.66. The Morgan fingerprint density at radius 2 is 1.88 bits per heavy atom. The fourth-order valence-electron chi connectivity index (χ4n) is 8.53. The Kier molecular flexibility index (Phi) is 9.94. The minimum atomic E-state index is -3.40. The van der Waals surface area contributed by atoms with E-state index in [4.69, 9.17) is 4.74 Å². The molecule has 4 heterocycles. The topological polar surface area (TPSA) is 122 Å². The van der Waals surface area contributed by atoms with Crippen LogP contribution in [0.3, 0.4) is 0 Å². The summed E-state index contributed by atoms with van der Waals surface area (Å²) in [4.78, 5) is 29.9. The minimum absolute atomic E-state index is 0.0574. The Morgan fingerprint density at radius 3 is 2.57 bits per heavy atom. The molecule has 2 fully saturated rings. The molecule has 7 rings (SSSR count). The molecule has 10 nitrogen and oxygen atoms in total. The molecule has 0 bridgehead atoms. The molecule has 3 aromatic carbocycles. The van der Waals surface area contributed by atoms with Crippen molar-refractivity contribution in [3.8, 4) is 0 Å². The third kappa shape index (κ3) is 6.77. The summed E-state index contributed by atoms with van der Waals surface area (Å²) in [6, 6.07) is 25.1. The number of aliphatic hydroxyl groups excluding tert-OH is 1. The lowest BCUT2D eigenvalue weighted by Crippen LogP contribution is -2.45. The van der Waals surface area contributed by atoms with Gasteiger partial charge in [0.25, 0.3) is 5.91 Å². The van der Waals surface area contributed by atoms with Crippen LogP contribution in [0.5, 0.6) is 0 Å². The van der Waals surface area contributed by atoms with Gasteiger partial charge in [0.15, 0.2) is 5.60 Å². The zero-order chi connectivity index (χ0) is 35.8. The average molecular weight is 711 g/mol. The Hall–Kier alpha value is -4.23. The lowest BCUT2D eigenvalue weighted by molar-refractivity contribution is -0.146. The lowest BCUT2D eigenvalue weighted by atomic mass is 9.82. The van der Waals surface area contributed by atoms with Gasteiger partial charge in [0.1, 0.15) is 0 Å². The molecule has 6 atom stereocenters. The predicted octanol–water partition coefficient (Wildman–Crippen LogP) is 5.75. The van der Waals surface area contributed by atoms with Crippen LogP contribution in [0.15, 0.2) is 85.1 Å². The highest BCUT2D eigenvalue weighted by Crippen LogP contribution is 2.60. The van der Waals surface area contributed by atoms with Crippen LogP contribution in [0.25, 0.3) is 0 Å². The summed E-state index contributed by atoms with van der Waals surface area (Å²) in [5, 5.41) is 25.3. The number of fused-ring (bicyclic) bond motifs is 2. The van der Waals surface area contributed by atoms with E-state index >= 15 is 4.11 Å². The van der Waals surface area contributed by atoms with E-state index in [9.17, 15) is 14.7 Å². The standard InChI is InChI=1S/C39H47FN6O4Si/c1-26-36(51(2,3)40)35(18-20-45-24-33(43-44-45)31(25-47)28-13-8-5-9-14-28)50-39(26)32-21-30(42-37(48)29-15-10-19-41-22-29)16-17-34(32)46(38(39)49)23-27-11-6-4-7-12-27/h4-9,11-14,16-17,21,24,26,29,31,35-36,41,47H,10,15,18-20,22-23,25H2,1-3H3,(H,42,48)/t26-,29?,31?,35+,36-,39+/m0/s1. The number of amides is 2. The molecule has 4 aromatic rings. The number of aliphatic hydroxyl groups is 1. The average Bonchev–Trinajstić information content (AvgIpc) is 3.79. The van der Waals surface area contributed by atoms with Crippen LogP contribution < -0.4 is 15.5 Å². The molecule has 1 aromatic heterocycles. The first-order chi connectivity index (χ1) is 24.6. The van der Waals surface area contributed by atoms with Crippen molar-refractivity contribution in [2.24, 2.45) is 11.8 Å². The van der Waals surface area contributed by atoms with Crippen LogP contribution >= 0.6 is 0 Å². The van der Waals surface area contributed by atoms with Crippen LogP contribution in [-0.4, -0.2) is 66.1 Å². The molecule has 51 heavy (non-hydrogen) atoms. The Labute approximate surface area is 299 Å². The fourth-order valence-corrected chi connectivity index (χ4v) is 11.1. The van der Waals surface area contributed by atoms with Gasteiger partial charge in [0, 0.05) is 42.0 Å². The highest BCUT2D eigenvalue weighted by atomic mass is 28.4. The lowest BCUT2D eigenvalue weighted by Gasteiger charge is -2.31. The SMILES string of the molecule is C[C@H]1[C@H]([Si](C)(C)F)[C@@H](CCn2cc(C(CO)c3ccccc3)nn2)O[C@]12C(=O)N(Cc1ccccc1)c1ccc(NC(=O)C3CCCNC3)cc12. The van der Waals surface area contributed by atoms with E-state index in [1.807, 2.05) is 92.0 Å². The number of anilines is 2. The van der Waals surface area contributed by atoms with Crippen LogP contribution in [-0.2, 0) is 33.0 Å². The van der Waals surface area contributed by atoms with Gasteiger partial charge in [-0.15, -0.1) is 5.10 Å². The van der Waals surface area contributed by atoms with Crippen LogP contribution in [0.4, 0.5) is 15.5 Å². The molecule has 0 saturated carbocycles. The summed E-state index contributed by atoms with van der Waals surface area (Å²) in [7, 11) is -3.40. The second kappa shape index (κ2) is 14.4. The van der Waals surface area contributed by atoms with Crippen molar-refractivity contribution in [3.05, 3.63) is 107 Å². The number of piperidine rings is 1. The molecule has 0 aliphatic carbocycles. The Balaban J connectivity index is 1.20. The molecule has 1 spiro atoms. The quantitative estimate of drug-likeness (QED) is 0.134.